The molecule has 1 amide bonds. The van der Waals surface area contributed by atoms with E-state index in [1.807, 2.05) is 0 Å². The number of carboxylic acids is 1. The first-order valence-corrected chi connectivity index (χ1v) is 6.31. The molecule has 2 N–H and O–H groups in total. The van der Waals surface area contributed by atoms with E-state index in [1.54, 1.807) is 17.8 Å². The number of carbonyl (C=O) groups is 2. The van der Waals surface area contributed by atoms with Crippen molar-refractivity contribution >= 4 is 28.3 Å². The van der Waals surface area contributed by atoms with Crippen molar-refractivity contribution in [2.45, 2.75) is 19.4 Å². The Kier molecular flexibility index (Phi) is 4.18. The molecule has 0 saturated carbocycles. The highest BCUT2D eigenvalue weighted by atomic mass is 32.1. The number of aliphatic carboxylic acids is 1. The van der Waals surface area contributed by atoms with Gasteiger partial charge in [-0.2, -0.15) is 0 Å². The first kappa shape index (κ1) is 13.1. The average molecular weight is 281 g/mol. The number of anilines is 1. The number of hydrogen-bond donors (Lipinski definition) is 2. The Morgan fingerprint density at radius 1 is 1.47 bits per heavy atom. The largest absolute Gasteiger partial charge is 0.481 e. The van der Waals surface area contributed by atoms with Crippen molar-refractivity contribution in [1.82, 2.24) is 20.0 Å². The molecule has 2 aromatic rings. The van der Waals surface area contributed by atoms with Gasteiger partial charge in [0.05, 0.1) is 12.1 Å². The molecule has 8 nitrogen and oxygen atoms in total. The van der Waals surface area contributed by atoms with Crippen molar-refractivity contribution in [1.29, 1.82) is 0 Å². The van der Waals surface area contributed by atoms with E-state index >= 15 is 0 Å². The Morgan fingerprint density at radius 3 is 3.00 bits per heavy atom. The zero-order valence-corrected chi connectivity index (χ0v) is 10.6. The van der Waals surface area contributed by atoms with Gasteiger partial charge in [0, 0.05) is 24.2 Å². The zero-order chi connectivity index (χ0) is 13.7. The van der Waals surface area contributed by atoms with Gasteiger partial charge in [-0.15, -0.1) is 16.4 Å². The summed E-state index contributed by atoms with van der Waals surface area (Å²) in [5, 5.41) is 21.0. The quantitative estimate of drug-likeness (QED) is 0.792. The van der Waals surface area contributed by atoms with Gasteiger partial charge >= 0.3 is 5.97 Å². The third kappa shape index (κ3) is 4.14. The van der Waals surface area contributed by atoms with Crippen LogP contribution in [-0.2, 0) is 22.6 Å². The van der Waals surface area contributed by atoms with E-state index in [4.69, 9.17) is 5.11 Å². The third-order valence-electron chi connectivity index (χ3n) is 2.17. The van der Waals surface area contributed by atoms with Crippen molar-refractivity contribution in [3.63, 3.8) is 0 Å². The van der Waals surface area contributed by atoms with E-state index < -0.39 is 5.97 Å². The van der Waals surface area contributed by atoms with E-state index in [9.17, 15) is 9.59 Å². The summed E-state index contributed by atoms with van der Waals surface area (Å²) in [7, 11) is 0. The van der Waals surface area contributed by atoms with Gasteiger partial charge in [0.25, 0.3) is 0 Å². The zero-order valence-electron chi connectivity index (χ0n) is 9.81. The molecule has 0 bridgehead atoms. The molecule has 0 aliphatic heterocycles. The molecule has 0 fully saturated rings. The number of carbonyl (C=O) groups excluding carboxylic acids is 1. The standard InChI is InChI=1S/C10H11N5O3S/c16-8(12-10-11-3-4-19-10)6-15-5-7(13-14-15)1-2-9(17)18/h3-5H,1-2,6H2,(H,17,18)(H,11,12,16). The van der Waals surface area contributed by atoms with Crippen molar-refractivity contribution in [2.24, 2.45) is 0 Å². The van der Waals surface area contributed by atoms with Crippen molar-refractivity contribution in [3.8, 4) is 0 Å². The number of nitrogens with one attached hydrogen (secondary N) is 1. The maximum absolute atomic E-state index is 11.6. The van der Waals surface area contributed by atoms with Gasteiger partial charge in [-0.25, -0.2) is 9.67 Å². The lowest BCUT2D eigenvalue weighted by molar-refractivity contribution is -0.137. The summed E-state index contributed by atoms with van der Waals surface area (Å²) in [6, 6.07) is 0. The fourth-order valence-corrected chi connectivity index (χ4v) is 1.90. The van der Waals surface area contributed by atoms with Crippen LogP contribution in [0.3, 0.4) is 0 Å². The summed E-state index contributed by atoms with van der Waals surface area (Å²) in [5.41, 5.74) is 0.546. The van der Waals surface area contributed by atoms with E-state index in [0.29, 0.717) is 17.2 Å². The van der Waals surface area contributed by atoms with Crippen LogP contribution >= 0.6 is 11.3 Å². The Bertz CT molecular complexity index is 565. The first-order valence-electron chi connectivity index (χ1n) is 5.43. The molecule has 2 heterocycles. The van der Waals surface area contributed by atoms with Gasteiger partial charge in [-0.1, -0.05) is 5.21 Å². The van der Waals surface area contributed by atoms with Gasteiger partial charge in [-0.05, 0) is 0 Å². The SMILES string of the molecule is O=C(O)CCc1cn(CC(=O)Nc2nccs2)nn1. The first-order chi connectivity index (χ1) is 9.13. The second kappa shape index (κ2) is 6.05. The van der Waals surface area contributed by atoms with Gasteiger partial charge in [0.1, 0.15) is 6.54 Å². The lowest BCUT2D eigenvalue weighted by Gasteiger charge is -2.00. The van der Waals surface area contributed by atoms with E-state index in [0.717, 1.165) is 0 Å². The summed E-state index contributed by atoms with van der Waals surface area (Å²) in [6.07, 6.45) is 3.44. The maximum Gasteiger partial charge on any atom is 0.303 e. The number of amides is 1. The van der Waals surface area contributed by atoms with E-state index in [1.165, 1.54) is 16.0 Å². The summed E-state index contributed by atoms with van der Waals surface area (Å²) < 4.78 is 1.36. The lowest BCUT2D eigenvalue weighted by atomic mass is 10.2. The second-order valence-corrected chi connectivity index (χ2v) is 4.58. The molecule has 2 aromatic heterocycles. The summed E-state index contributed by atoms with van der Waals surface area (Å²) in [4.78, 5) is 26.0. The van der Waals surface area contributed by atoms with Crippen LogP contribution in [0.25, 0.3) is 0 Å². The van der Waals surface area contributed by atoms with Crippen molar-refractivity contribution in [3.05, 3.63) is 23.5 Å². The van der Waals surface area contributed by atoms with Gasteiger partial charge in [0.15, 0.2) is 5.13 Å². The molecule has 0 aromatic carbocycles. The Hall–Kier alpha value is -2.29. The Labute approximate surface area is 112 Å². The lowest BCUT2D eigenvalue weighted by Crippen LogP contribution is -2.19. The molecule has 100 valence electrons. The molecule has 0 radical (unpaired) electrons. The van der Waals surface area contributed by atoms with Crippen molar-refractivity contribution in [2.75, 3.05) is 5.32 Å². The monoisotopic (exact) mass is 281 g/mol. The van der Waals surface area contributed by atoms with Gasteiger partial charge < -0.3 is 10.4 Å². The molecular weight excluding hydrogens is 270 g/mol. The molecule has 0 atom stereocenters. The van der Waals surface area contributed by atoms with Crippen LogP contribution in [0.5, 0.6) is 0 Å². The second-order valence-electron chi connectivity index (χ2n) is 3.69. The number of nitrogens with zero attached hydrogens (tertiary/aromatic N) is 4. The molecule has 2 rings (SSSR count). The smallest absolute Gasteiger partial charge is 0.303 e. The fourth-order valence-electron chi connectivity index (χ4n) is 1.36. The number of hydrogen-bond acceptors (Lipinski definition) is 6. The molecule has 0 aliphatic carbocycles. The van der Waals surface area contributed by atoms with Crippen LogP contribution < -0.4 is 5.32 Å². The Morgan fingerprint density at radius 2 is 2.32 bits per heavy atom. The van der Waals surface area contributed by atoms with Crippen LogP contribution in [0.2, 0.25) is 0 Å². The van der Waals surface area contributed by atoms with Crippen LogP contribution in [0.1, 0.15) is 12.1 Å². The minimum Gasteiger partial charge on any atom is -0.481 e. The molecule has 19 heavy (non-hydrogen) atoms. The van der Waals surface area contributed by atoms with Crippen LogP contribution in [0.15, 0.2) is 17.8 Å². The number of thiazole rings is 1. The minimum atomic E-state index is -0.893. The van der Waals surface area contributed by atoms with E-state index in [2.05, 4.69) is 20.6 Å². The normalized spacial score (nSPS) is 10.3. The molecule has 0 spiro atoms. The van der Waals surface area contributed by atoms with Crippen molar-refractivity contribution < 1.29 is 14.7 Å². The third-order valence-corrected chi connectivity index (χ3v) is 2.85. The highest BCUT2D eigenvalue weighted by molar-refractivity contribution is 7.13. The topological polar surface area (TPSA) is 110 Å². The fraction of sp³-hybridized carbons (Fsp3) is 0.300. The highest BCUT2D eigenvalue weighted by Crippen LogP contribution is 2.10. The molecule has 0 aliphatic rings. The predicted molar refractivity (Wildman–Crippen MR) is 66.7 cm³/mol. The average Bonchev–Trinajstić information content (AvgIpc) is 2.98. The number of aryl methyl sites for hydroxylation is 1. The molecule has 9 heteroatoms. The molecule has 0 saturated heterocycles. The van der Waals surface area contributed by atoms with Gasteiger partial charge in [-0.3, -0.25) is 9.59 Å². The number of aromatic nitrogens is 4. The molecule has 0 unspecified atom stereocenters. The van der Waals surface area contributed by atoms with E-state index in [-0.39, 0.29) is 18.9 Å². The Balaban J connectivity index is 1.85. The highest BCUT2D eigenvalue weighted by Gasteiger charge is 2.08. The van der Waals surface area contributed by atoms with Crippen LogP contribution in [0.4, 0.5) is 5.13 Å². The minimum absolute atomic E-state index is 0.00992. The predicted octanol–water partition coefficient (Wildman–Crippen LogP) is 0.390. The van der Waals surface area contributed by atoms with Crippen LogP contribution in [0, 0.1) is 0 Å². The number of rotatable bonds is 6. The van der Waals surface area contributed by atoms with Crippen LogP contribution in [-0.4, -0.2) is 37.0 Å². The summed E-state index contributed by atoms with van der Waals surface area (Å²) in [6.45, 7) is 0.0135. The number of carboxylic acid groups (broad SMARTS) is 1. The summed E-state index contributed by atoms with van der Waals surface area (Å²) >= 11 is 1.32. The molecular formula is C10H11N5O3S. The maximum atomic E-state index is 11.6. The summed E-state index contributed by atoms with van der Waals surface area (Å²) in [5.74, 6) is -1.15. The van der Waals surface area contributed by atoms with Gasteiger partial charge in [0.2, 0.25) is 5.91 Å².